The van der Waals surface area contributed by atoms with E-state index in [1.165, 1.54) is 29.6 Å². The third-order valence-electron chi connectivity index (χ3n) is 3.71. The zero-order chi connectivity index (χ0) is 17.3. The van der Waals surface area contributed by atoms with E-state index in [9.17, 15) is 13.2 Å². The number of hydrogen-bond donors (Lipinski definition) is 1. The molecule has 3 rings (SSSR count). The summed E-state index contributed by atoms with van der Waals surface area (Å²) in [6, 6.07) is 10.9. The van der Waals surface area contributed by atoms with Gasteiger partial charge in [0.25, 0.3) is 15.9 Å². The van der Waals surface area contributed by atoms with Gasteiger partial charge in [0.2, 0.25) is 0 Å². The van der Waals surface area contributed by atoms with Crippen LogP contribution in [0.1, 0.15) is 10.4 Å². The van der Waals surface area contributed by atoms with E-state index in [1.54, 1.807) is 24.3 Å². The standard InChI is InChI=1S/C16H16N2O5S/c1-22-14-7-6-11(10-12(14)16(17)19)24(20,21)18-8-9-23-15-5-3-2-4-13(15)18/h2-7,10H,8-9H2,1H3,(H2,17,19). The van der Waals surface area contributed by atoms with Crippen molar-refractivity contribution in [3.05, 3.63) is 48.0 Å². The van der Waals surface area contributed by atoms with Gasteiger partial charge in [-0.15, -0.1) is 0 Å². The van der Waals surface area contributed by atoms with Crippen LogP contribution in [0.2, 0.25) is 0 Å². The minimum Gasteiger partial charge on any atom is -0.496 e. The highest BCUT2D eigenvalue weighted by atomic mass is 32.2. The highest BCUT2D eigenvalue weighted by Crippen LogP contribution is 2.35. The molecular weight excluding hydrogens is 332 g/mol. The Labute approximate surface area is 139 Å². The quantitative estimate of drug-likeness (QED) is 0.900. The Kier molecular flexibility index (Phi) is 4.06. The molecule has 0 saturated carbocycles. The first-order chi connectivity index (χ1) is 11.4. The Bertz CT molecular complexity index is 895. The van der Waals surface area contributed by atoms with Crippen molar-refractivity contribution in [3.8, 4) is 11.5 Å². The number of anilines is 1. The molecule has 1 amide bonds. The van der Waals surface area contributed by atoms with Crippen LogP contribution >= 0.6 is 0 Å². The summed E-state index contributed by atoms with van der Waals surface area (Å²) < 4.78 is 37.8. The molecule has 1 aliphatic rings. The second kappa shape index (κ2) is 6.04. The van der Waals surface area contributed by atoms with Crippen molar-refractivity contribution in [3.63, 3.8) is 0 Å². The van der Waals surface area contributed by atoms with E-state index < -0.39 is 15.9 Å². The Balaban J connectivity index is 2.10. The van der Waals surface area contributed by atoms with E-state index in [-0.39, 0.29) is 29.4 Å². The molecule has 8 heteroatoms. The summed E-state index contributed by atoms with van der Waals surface area (Å²) in [7, 11) is -2.48. The van der Waals surface area contributed by atoms with Crippen LogP contribution in [0.5, 0.6) is 11.5 Å². The minimum atomic E-state index is -3.87. The Hall–Kier alpha value is -2.74. The van der Waals surface area contributed by atoms with Crippen LogP contribution in [-0.4, -0.2) is 34.6 Å². The fraction of sp³-hybridized carbons (Fsp3) is 0.188. The van der Waals surface area contributed by atoms with Gasteiger partial charge in [-0.3, -0.25) is 9.10 Å². The van der Waals surface area contributed by atoms with Gasteiger partial charge >= 0.3 is 0 Å². The fourth-order valence-corrected chi connectivity index (χ4v) is 4.05. The molecule has 7 nitrogen and oxygen atoms in total. The van der Waals surface area contributed by atoms with Crippen molar-refractivity contribution >= 4 is 21.6 Å². The fourth-order valence-electron chi connectivity index (χ4n) is 2.56. The smallest absolute Gasteiger partial charge is 0.264 e. The lowest BCUT2D eigenvalue weighted by Gasteiger charge is -2.30. The molecule has 0 unspecified atom stereocenters. The molecule has 0 fully saturated rings. The lowest BCUT2D eigenvalue weighted by molar-refractivity contribution is 0.0997. The number of carbonyl (C=O) groups excluding carboxylic acids is 1. The van der Waals surface area contributed by atoms with Crippen molar-refractivity contribution in [2.24, 2.45) is 5.73 Å². The monoisotopic (exact) mass is 348 g/mol. The van der Waals surface area contributed by atoms with E-state index in [0.717, 1.165) is 0 Å². The lowest BCUT2D eigenvalue weighted by Crippen LogP contribution is -2.38. The van der Waals surface area contributed by atoms with Gasteiger partial charge in [0.1, 0.15) is 18.1 Å². The maximum atomic E-state index is 13.0. The van der Waals surface area contributed by atoms with Crippen LogP contribution in [0.15, 0.2) is 47.4 Å². The van der Waals surface area contributed by atoms with E-state index in [1.807, 2.05) is 0 Å². The molecule has 0 aromatic heterocycles. The van der Waals surface area contributed by atoms with E-state index in [2.05, 4.69) is 0 Å². The highest BCUT2D eigenvalue weighted by Gasteiger charge is 2.30. The number of para-hydroxylation sites is 2. The van der Waals surface area contributed by atoms with Gasteiger partial charge in [-0.1, -0.05) is 12.1 Å². The molecule has 0 radical (unpaired) electrons. The third kappa shape index (κ3) is 2.65. The number of carbonyl (C=O) groups is 1. The molecule has 2 aromatic rings. The molecule has 0 atom stereocenters. The number of sulfonamides is 1. The number of benzene rings is 2. The predicted molar refractivity (Wildman–Crippen MR) is 88.0 cm³/mol. The molecule has 0 saturated heterocycles. The summed E-state index contributed by atoms with van der Waals surface area (Å²) in [5, 5.41) is 0. The van der Waals surface area contributed by atoms with Gasteiger partial charge in [-0.25, -0.2) is 8.42 Å². The number of fused-ring (bicyclic) bond motifs is 1. The average Bonchev–Trinajstić information content (AvgIpc) is 2.60. The summed E-state index contributed by atoms with van der Waals surface area (Å²) >= 11 is 0. The van der Waals surface area contributed by atoms with Gasteiger partial charge in [-0.2, -0.15) is 0 Å². The SMILES string of the molecule is COc1ccc(S(=O)(=O)N2CCOc3ccccc32)cc1C(N)=O. The maximum absolute atomic E-state index is 13.0. The van der Waals surface area contributed by atoms with Crippen molar-refractivity contribution in [2.45, 2.75) is 4.90 Å². The zero-order valence-corrected chi connectivity index (χ0v) is 13.7. The number of amides is 1. The molecule has 1 aliphatic heterocycles. The molecule has 0 aliphatic carbocycles. The van der Waals surface area contributed by atoms with Crippen molar-refractivity contribution < 1.29 is 22.7 Å². The van der Waals surface area contributed by atoms with Crippen molar-refractivity contribution in [1.29, 1.82) is 0 Å². The number of methoxy groups -OCH3 is 1. The Morgan fingerprint density at radius 1 is 1.25 bits per heavy atom. The van der Waals surface area contributed by atoms with E-state index >= 15 is 0 Å². The molecule has 0 spiro atoms. The molecule has 126 valence electrons. The first kappa shape index (κ1) is 16.1. The van der Waals surface area contributed by atoms with Crippen LogP contribution in [0.3, 0.4) is 0 Å². The lowest BCUT2D eigenvalue weighted by atomic mass is 10.2. The minimum absolute atomic E-state index is 0.0140. The van der Waals surface area contributed by atoms with Gasteiger partial charge in [0, 0.05) is 0 Å². The number of ether oxygens (including phenoxy) is 2. The molecule has 2 N–H and O–H groups in total. The Morgan fingerprint density at radius 2 is 2.00 bits per heavy atom. The number of primary amides is 1. The van der Waals surface area contributed by atoms with Gasteiger partial charge in [-0.05, 0) is 30.3 Å². The normalized spacial score (nSPS) is 13.8. The first-order valence-electron chi connectivity index (χ1n) is 7.17. The van der Waals surface area contributed by atoms with Gasteiger partial charge in [0.05, 0.1) is 29.8 Å². The second-order valence-electron chi connectivity index (χ2n) is 5.12. The summed E-state index contributed by atoms with van der Waals surface area (Å²) in [5.41, 5.74) is 5.78. The number of nitrogens with zero attached hydrogens (tertiary/aromatic N) is 1. The van der Waals surface area contributed by atoms with Crippen LogP contribution in [0.25, 0.3) is 0 Å². The summed E-state index contributed by atoms with van der Waals surface area (Å²) in [6.07, 6.45) is 0. The van der Waals surface area contributed by atoms with Gasteiger partial charge < -0.3 is 15.2 Å². The molecule has 24 heavy (non-hydrogen) atoms. The molecule has 0 bridgehead atoms. The first-order valence-corrected chi connectivity index (χ1v) is 8.61. The van der Waals surface area contributed by atoms with E-state index in [4.69, 9.17) is 15.2 Å². The Morgan fingerprint density at radius 3 is 2.71 bits per heavy atom. The maximum Gasteiger partial charge on any atom is 0.264 e. The second-order valence-corrected chi connectivity index (χ2v) is 6.98. The number of nitrogens with two attached hydrogens (primary N) is 1. The number of hydrogen-bond acceptors (Lipinski definition) is 5. The van der Waals surface area contributed by atoms with Crippen LogP contribution in [-0.2, 0) is 10.0 Å². The molecule has 1 heterocycles. The molecule has 2 aromatic carbocycles. The summed E-state index contributed by atoms with van der Waals surface area (Å²) in [4.78, 5) is 11.5. The van der Waals surface area contributed by atoms with Crippen molar-refractivity contribution in [1.82, 2.24) is 0 Å². The largest absolute Gasteiger partial charge is 0.496 e. The predicted octanol–water partition coefficient (Wildman–Crippen LogP) is 1.38. The van der Waals surface area contributed by atoms with Crippen LogP contribution < -0.4 is 19.5 Å². The zero-order valence-electron chi connectivity index (χ0n) is 12.9. The highest BCUT2D eigenvalue weighted by molar-refractivity contribution is 7.92. The van der Waals surface area contributed by atoms with Crippen LogP contribution in [0, 0.1) is 0 Å². The van der Waals surface area contributed by atoms with Gasteiger partial charge in [0.15, 0.2) is 0 Å². The topological polar surface area (TPSA) is 98.9 Å². The third-order valence-corrected chi connectivity index (χ3v) is 5.52. The number of rotatable bonds is 4. The summed E-state index contributed by atoms with van der Waals surface area (Å²) in [5.74, 6) is -0.0360. The van der Waals surface area contributed by atoms with Crippen molar-refractivity contribution in [2.75, 3.05) is 24.6 Å². The summed E-state index contributed by atoms with van der Waals surface area (Å²) in [6.45, 7) is 0.423. The van der Waals surface area contributed by atoms with E-state index in [0.29, 0.717) is 11.4 Å². The average molecular weight is 348 g/mol. The van der Waals surface area contributed by atoms with Crippen LogP contribution in [0.4, 0.5) is 5.69 Å². The molecular formula is C16H16N2O5S.